The predicted molar refractivity (Wildman–Crippen MR) is 121 cm³/mol. The fourth-order valence-electron chi connectivity index (χ4n) is 3.71. The van der Waals surface area contributed by atoms with Crippen molar-refractivity contribution in [3.05, 3.63) is 72.4 Å². The minimum atomic E-state index is -0.828. The van der Waals surface area contributed by atoms with E-state index in [2.05, 4.69) is 0 Å². The van der Waals surface area contributed by atoms with Crippen LogP contribution in [0.5, 0.6) is 0 Å². The number of methoxy groups -OCH3 is 1. The number of hydrogen-bond acceptors (Lipinski definition) is 6. The molecule has 1 fully saturated rings. The lowest BCUT2D eigenvalue weighted by Crippen LogP contribution is -2.41. The Bertz CT molecular complexity index is 1150. The summed E-state index contributed by atoms with van der Waals surface area (Å²) < 4.78 is 6.74. The number of ether oxygens (including phenoxy) is 1. The molecule has 9 heteroatoms. The molecule has 0 radical (unpaired) electrons. The van der Waals surface area contributed by atoms with Gasteiger partial charge < -0.3 is 4.74 Å². The Morgan fingerprint density at radius 2 is 1.55 bits per heavy atom. The van der Waals surface area contributed by atoms with Crippen molar-refractivity contribution in [3.8, 4) is 16.9 Å². The van der Waals surface area contributed by atoms with Crippen LogP contribution < -0.4 is 0 Å². The van der Waals surface area contributed by atoms with Crippen LogP contribution in [0.3, 0.4) is 0 Å². The van der Waals surface area contributed by atoms with E-state index in [0.717, 1.165) is 32.3 Å². The molecule has 170 valence electrons. The zero-order chi connectivity index (χ0) is 23.4. The summed E-state index contributed by atoms with van der Waals surface area (Å²) >= 11 is 0. The van der Waals surface area contributed by atoms with Crippen LogP contribution in [0.4, 0.5) is 4.79 Å². The standard InChI is InChI=1S/C24H25N5O4/c1-26(17-28-23(31)22(30)27(24(28)32)13-14-33-2)15-19-16-29(20-11-7-4-8-12-20)25-21(19)18-9-5-3-6-10-18/h3-12,16H,13-15,17H2,1-2H3. The van der Waals surface area contributed by atoms with Crippen LogP contribution >= 0.6 is 0 Å². The highest BCUT2D eigenvalue weighted by Gasteiger charge is 2.44. The topological polar surface area (TPSA) is 88.0 Å². The van der Waals surface area contributed by atoms with Gasteiger partial charge in [0.25, 0.3) is 0 Å². The molecular weight excluding hydrogens is 422 g/mol. The number of para-hydroxylation sites is 1. The molecule has 0 aliphatic carbocycles. The molecule has 0 N–H and O–H groups in total. The first kappa shape index (κ1) is 22.4. The number of nitrogens with zero attached hydrogens (tertiary/aromatic N) is 5. The van der Waals surface area contributed by atoms with Crippen LogP contribution in [0.15, 0.2) is 66.9 Å². The van der Waals surface area contributed by atoms with Gasteiger partial charge in [-0.1, -0.05) is 48.5 Å². The van der Waals surface area contributed by atoms with E-state index in [1.165, 1.54) is 7.11 Å². The van der Waals surface area contributed by atoms with Gasteiger partial charge in [0, 0.05) is 31.0 Å². The third-order valence-corrected chi connectivity index (χ3v) is 5.34. The maximum absolute atomic E-state index is 12.6. The third kappa shape index (κ3) is 4.69. The summed E-state index contributed by atoms with van der Waals surface area (Å²) in [6.45, 7) is 0.619. The molecule has 0 bridgehead atoms. The summed E-state index contributed by atoms with van der Waals surface area (Å²) in [6, 6.07) is 19.0. The molecule has 9 nitrogen and oxygen atoms in total. The summed E-state index contributed by atoms with van der Waals surface area (Å²) in [6.07, 6.45) is 1.94. The molecule has 0 atom stereocenters. The number of urea groups is 1. The summed E-state index contributed by atoms with van der Waals surface area (Å²) in [4.78, 5) is 40.9. The van der Waals surface area contributed by atoms with Crippen LogP contribution in [-0.4, -0.2) is 76.3 Å². The molecule has 0 unspecified atom stereocenters. The second kappa shape index (κ2) is 9.76. The van der Waals surface area contributed by atoms with E-state index in [4.69, 9.17) is 9.84 Å². The molecule has 3 aromatic rings. The van der Waals surface area contributed by atoms with Gasteiger partial charge >= 0.3 is 17.8 Å². The molecule has 1 aliphatic rings. The fraction of sp³-hybridized carbons (Fsp3) is 0.250. The second-order valence-corrected chi connectivity index (χ2v) is 7.77. The highest BCUT2D eigenvalue weighted by molar-refractivity contribution is 6.44. The summed E-state index contributed by atoms with van der Waals surface area (Å²) in [7, 11) is 3.26. The average molecular weight is 447 g/mol. The molecule has 33 heavy (non-hydrogen) atoms. The number of carbonyl (C=O) groups is 3. The molecule has 2 aromatic carbocycles. The number of hydrogen-bond donors (Lipinski definition) is 0. The van der Waals surface area contributed by atoms with Gasteiger partial charge in [0.05, 0.1) is 31.2 Å². The summed E-state index contributed by atoms with van der Waals surface area (Å²) in [5.74, 6) is -1.65. The third-order valence-electron chi connectivity index (χ3n) is 5.34. The molecular formula is C24H25N5O4. The van der Waals surface area contributed by atoms with Crippen LogP contribution in [0.1, 0.15) is 5.56 Å². The number of benzene rings is 2. The maximum Gasteiger partial charge on any atom is 0.335 e. The number of rotatable bonds is 9. The first-order chi connectivity index (χ1) is 16.0. The number of imide groups is 2. The largest absolute Gasteiger partial charge is 0.383 e. The summed E-state index contributed by atoms with van der Waals surface area (Å²) in [5, 5.41) is 4.79. The van der Waals surface area contributed by atoms with Gasteiger partial charge in [0.2, 0.25) is 0 Å². The van der Waals surface area contributed by atoms with Crippen molar-refractivity contribution in [3.63, 3.8) is 0 Å². The monoisotopic (exact) mass is 447 g/mol. The van der Waals surface area contributed by atoms with Crippen molar-refractivity contribution in [1.82, 2.24) is 24.5 Å². The Morgan fingerprint density at radius 3 is 2.21 bits per heavy atom. The van der Waals surface area contributed by atoms with Crippen molar-refractivity contribution in [2.24, 2.45) is 0 Å². The minimum absolute atomic E-state index is 0.0162. The fourth-order valence-corrected chi connectivity index (χ4v) is 3.71. The van der Waals surface area contributed by atoms with Crippen molar-refractivity contribution >= 4 is 17.8 Å². The van der Waals surface area contributed by atoms with Gasteiger partial charge in [-0.25, -0.2) is 14.4 Å². The highest BCUT2D eigenvalue weighted by Crippen LogP contribution is 2.25. The lowest BCUT2D eigenvalue weighted by atomic mass is 10.1. The minimum Gasteiger partial charge on any atom is -0.383 e. The number of amides is 4. The SMILES string of the molecule is COCCN1C(=O)C(=O)N(CN(C)Cc2cn(-c3ccccc3)nc2-c2ccccc2)C1=O. The molecule has 4 rings (SSSR count). The van der Waals surface area contributed by atoms with Crippen LogP contribution in [0.25, 0.3) is 16.9 Å². The molecule has 0 saturated carbocycles. The van der Waals surface area contributed by atoms with E-state index in [0.29, 0.717) is 6.54 Å². The van der Waals surface area contributed by atoms with Crippen molar-refractivity contribution in [1.29, 1.82) is 0 Å². The van der Waals surface area contributed by atoms with Crippen molar-refractivity contribution in [2.75, 3.05) is 34.0 Å². The predicted octanol–water partition coefficient (Wildman–Crippen LogP) is 2.37. The van der Waals surface area contributed by atoms with E-state index in [9.17, 15) is 14.4 Å². The Kier molecular flexibility index (Phi) is 6.62. The van der Waals surface area contributed by atoms with Gasteiger partial charge in [-0.15, -0.1) is 0 Å². The first-order valence-electron chi connectivity index (χ1n) is 10.5. The van der Waals surface area contributed by atoms with E-state index >= 15 is 0 Å². The van der Waals surface area contributed by atoms with Crippen molar-refractivity contribution < 1.29 is 19.1 Å². The second-order valence-electron chi connectivity index (χ2n) is 7.77. The Labute approximate surface area is 191 Å². The Hall–Kier alpha value is -3.82. The number of carbonyl (C=O) groups excluding carboxylic acids is 3. The van der Waals surface area contributed by atoms with E-state index in [1.54, 1.807) is 7.05 Å². The van der Waals surface area contributed by atoms with E-state index in [-0.39, 0.29) is 19.8 Å². The lowest BCUT2D eigenvalue weighted by Gasteiger charge is -2.22. The van der Waals surface area contributed by atoms with Gasteiger partial charge in [-0.05, 0) is 19.2 Å². The molecule has 1 aromatic heterocycles. The van der Waals surface area contributed by atoms with E-state index in [1.807, 2.05) is 76.4 Å². The van der Waals surface area contributed by atoms with Crippen LogP contribution in [0.2, 0.25) is 0 Å². The quantitative estimate of drug-likeness (QED) is 0.370. The smallest absolute Gasteiger partial charge is 0.335 e. The maximum atomic E-state index is 12.6. The van der Waals surface area contributed by atoms with Gasteiger partial charge in [0.1, 0.15) is 0 Å². The summed E-state index contributed by atoms with van der Waals surface area (Å²) in [5.41, 5.74) is 3.62. The first-order valence-corrected chi connectivity index (χ1v) is 10.5. The zero-order valence-corrected chi connectivity index (χ0v) is 18.5. The Balaban J connectivity index is 1.56. The normalized spacial score (nSPS) is 14.1. The van der Waals surface area contributed by atoms with Crippen LogP contribution in [0, 0.1) is 0 Å². The molecule has 4 amide bonds. The molecule has 1 aliphatic heterocycles. The van der Waals surface area contributed by atoms with Gasteiger partial charge in [0.15, 0.2) is 0 Å². The molecule has 0 spiro atoms. The molecule has 2 heterocycles. The zero-order valence-electron chi connectivity index (χ0n) is 18.5. The Morgan fingerprint density at radius 1 is 0.909 bits per heavy atom. The lowest BCUT2D eigenvalue weighted by molar-refractivity contribution is -0.144. The van der Waals surface area contributed by atoms with Crippen LogP contribution in [-0.2, 0) is 20.9 Å². The van der Waals surface area contributed by atoms with Crippen molar-refractivity contribution in [2.45, 2.75) is 6.54 Å². The van der Waals surface area contributed by atoms with Gasteiger partial charge in [-0.3, -0.25) is 19.4 Å². The molecule has 1 saturated heterocycles. The van der Waals surface area contributed by atoms with Gasteiger partial charge in [-0.2, -0.15) is 5.10 Å². The van der Waals surface area contributed by atoms with E-state index < -0.39 is 17.8 Å². The highest BCUT2D eigenvalue weighted by atomic mass is 16.5. The number of aromatic nitrogens is 2. The average Bonchev–Trinajstić information content (AvgIpc) is 3.34.